The summed E-state index contributed by atoms with van der Waals surface area (Å²) in [6, 6.07) is 4.95. The quantitative estimate of drug-likeness (QED) is 0.632. The molecule has 6 nitrogen and oxygen atoms in total. The molecule has 0 saturated carbocycles. The van der Waals surface area contributed by atoms with E-state index in [2.05, 4.69) is 10.3 Å². The van der Waals surface area contributed by atoms with Crippen LogP contribution in [0.2, 0.25) is 0 Å². The van der Waals surface area contributed by atoms with Gasteiger partial charge >= 0.3 is 5.97 Å². The Morgan fingerprint density at radius 2 is 1.96 bits per heavy atom. The van der Waals surface area contributed by atoms with Crippen LogP contribution in [0.3, 0.4) is 0 Å². The van der Waals surface area contributed by atoms with Gasteiger partial charge < -0.3 is 9.15 Å². The fourth-order valence-corrected chi connectivity index (χ4v) is 3.16. The third-order valence-electron chi connectivity index (χ3n) is 3.86. The second-order valence-corrected chi connectivity index (χ2v) is 6.89. The monoisotopic (exact) mass is 406 g/mol. The number of amides is 1. The highest BCUT2D eigenvalue weighted by atomic mass is 32.1. The van der Waals surface area contributed by atoms with E-state index in [4.69, 9.17) is 9.15 Å². The number of anilines is 1. The van der Waals surface area contributed by atoms with Crippen LogP contribution < -0.4 is 5.32 Å². The smallest absolute Gasteiger partial charge is 0.342 e. The van der Waals surface area contributed by atoms with E-state index in [1.807, 2.05) is 0 Å². The van der Waals surface area contributed by atoms with E-state index in [0.29, 0.717) is 22.8 Å². The average Bonchev–Trinajstić information content (AvgIpc) is 3.23. The Bertz CT molecular complexity index is 1040. The number of aromatic nitrogens is 1. The van der Waals surface area contributed by atoms with Crippen molar-refractivity contribution in [1.29, 1.82) is 0 Å². The molecular weight excluding hydrogens is 390 g/mol. The van der Waals surface area contributed by atoms with Gasteiger partial charge in [0.15, 0.2) is 22.9 Å². The van der Waals surface area contributed by atoms with Crippen molar-refractivity contribution >= 4 is 28.3 Å². The Morgan fingerprint density at radius 3 is 2.61 bits per heavy atom. The molecule has 2 heterocycles. The number of rotatable bonds is 5. The number of nitrogens with zero attached hydrogens (tertiary/aromatic N) is 1. The van der Waals surface area contributed by atoms with Gasteiger partial charge in [-0.05, 0) is 45.0 Å². The largest absolute Gasteiger partial charge is 0.466 e. The van der Waals surface area contributed by atoms with E-state index < -0.39 is 29.6 Å². The van der Waals surface area contributed by atoms with Gasteiger partial charge in [-0.25, -0.2) is 18.6 Å². The summed E-state index contributed by atoms with van der Waals surface area (Å²) in [5, 5.41) is 4.37. The van der Waals surface area contributed by atoms with Gasteiger partial charge in [0.2, 0.25) is 0 Å². The summed E-state index contributed by atoms with van der Waals surface area (Å²) in [6.07, 6.45) is -1.07. The second kappa shape index (κ2) is 7.89. The van der Waals surface area contributed by atoms with Crippen molar-refractivity contribution in [2.45, 2.75) is 26.9 Å². The van der Waals surface area contributed by atoms with E-state index in [1.165, 1.54) is 19.1 Å². The third-order valence-corrected chi connectivity index (χ3v) is 4.62. The highest BCUT2D eigenvalue weighted by Gasteiger charge is 2.23. The molecule has 28 heavy (non-hydrogen) atoms. The number of halogens is 2. The molecule has 9 heteroatoms. The number of esters is 1. The molecule has 3 aromatic rings. The van der Waals surface area contributed by atoms with Gasteiger partial charge in [-0.2, -0.15) is 0 Å². The zero-order valence-corrected chi connectivity index (χ0v) is 16.0. The number of hydrogen-bond acceptors (Lipinski definition) is 6. The number of thiazole rings is 1. The fourth-order valence-electron chi connectivity index (χ4n) is 2.44. The number of furan rings is 1. The van der Waals surface area contributed by atoms with Crippen LogP contribution >= 0.6 is 11.3 Å². The van der Waals surface area contributed by atoms with E-state index in [-0.39, 0.29) is 10.7 Å². The van der Waals surface area contributed by atoms with Gasteiger partial charge in [-0.3, -0.25) is 10.1 Å². The number of aryl methyl sites for hydroxylation is 2. The lowest BCUT2D eigenvalue weighted by atomic mass is 10.2. The number of nitrogens with one attached hydrogen (secondary N) is 1. The molecule has 146 valence electrons. The van der Waals surface area contributed by atoms with Crippen molar-refractivity contribution in [2.75, 3.05) is 5.32 Å². The van der Waals surface area contributed by atoms with E-state index >= 15 is 0 Å². The maximum absolute atomic E-state index is 13.4. The maximum atomic E-state index is 13.4. The summed E-state index contributed by atoms with van der Waals surface area (Å²) in [5.41, 5.74) is 1.02. The van der Waals surface area contributed by atoms with Crippen LogP contribution in [-0.4, -0.2) is 23.0 Å². The van der Waals surface area contributed by atoms with Crippen molar-refractivity contribution in [3.05, 3.63) is 58.4 Å². The number of carbonyl (C=O) groups is 2. The van der Waals surface area contributed by atoms with Crippen molar-refractivity contribution in [3.63, 3.8) is 0 Å². The molecule has 0 saturated heterocycles. The Kier molecular flexibility index (Phi) is 5.55. The predicted octanol–water partition coefficient (Wildman–Crippen LogP) is 4.48. The van der Waals surface area contributed by atoms with Gasteiger partial charge in [0.25, 0.3) is 5.91 Å². The van der Waals surface area contributed by atoms with Crippen LogP contribution in [0.4, 0.5) is 13.9 Å². The van der Waals surface area contributed by atoms with Gasteiger partial charge in [0.1, 0.15) is 17.1 Å². The van der Waals surface area contributed by atoms with Crippen LogP contribution in [0.1, 0.15) is 28.8 Å². The standard InChI is InChI=1S/C19H16F2N2O4S/c1-9-6-13(10(2)26-9)18(25)27-11(3)17(24)23-19-22-16(8-28-19)12-4-5-14(20)15(21)7-12/h4-8,11H,1-3H3,(H,22,23,24)/t11-/m1/s1. The second-order valence-electron chi connectivity index (χ2n) is 6.03. The number of hydrogen-bond donors (Lipinski definition) is 1. The summed E-state index contributed by atoms with van der Waals surface area (Å²) >= 11 is 1.11. The Hall–Kier alpha value is -3.07. The molecule has 2 aromatic heterocycles. The minimum Gasteiger partial charge on any atom is -0.466 e. The minimum absolute atomic E-state index is 0.239. The predicted molar refractivity (Wildman–Crippen MR) is 99.2 cm³/mol. The summed E-state index contributed by atoms with van der Waals surface area (Å²) in [4.78, 5) is 28.6. The van der Waals surface area contributed by atoms with Crippen LogP contribution in [0.15, 0.2) is 34.1 Å². The van der Waals surface area contributed by atoms with Gasteiger partial charge in [-0.15, -0.1) is 11.3 Å². The topological polar surface area (TPSA) is 81.4 Å². The first-order chi connectivity index (χ1) is 13.2. The Balaban J connectivity index is 1.64. The molecule has 0 fully saturated rings. The molecule has 1 atom stereocenters. The number of carbonyl (C=O) groups excluding carboxylic acids is 2. The summed E-state index contributed by atoms with van der Waals surface area (Å²) in [6.45, 7) is 4.76. The summed E-state index contributed by atoms with van der Waals surface area (Å²) < 4.78 is 36.8. The molecule has 0 aliphatic carbocycles. The van der Waals surface area contributed by atoms with Crippen LogP contribution in [0.5, 0.6) is 0 Å². The van der Waals surface area contributed by atoms with E-state index in [1.54, 1.807) is 19.2 Å². The van der Waals surface area contributed by atoms with Crippen molar-refractivity contribution in [3.8, 4) is 11.3 Å². The third kappa shape index (κ3) is 4.25. The van der Waals surface area contributed by atoms with Gasteiger partial charge in [0.05, 0.1) is 5.69 Å². The average molecular weight is 406 g/mol. The first-order valence-electron chi connectivity index (χ1n) is 8.24. The van der Waals surface area contributed by atoms with Crippen molar-refractivity contribution < 1.29 is 27.5 Å². The lowest BCUT2D eigenvalue weighted by molar-refractivity contribution is -0.123. The fraction of sp³-hybridized carbons (Fsp3) is 0.211. The Labute approximate surface area is 163 Å². The van der Waals surface area contributed by atoms with Crippen LogP contribution in [-0.2, 0) is 9.53 Å². The molecule has 1 amide bonds. The molecule has 3 rings (SSSR count). The normalized spacial score (nSPS) is 11.9. The molecule has 0 bridgehead atoms. The Morgan fingerprint density at radius 1 is 1.21 bits per heavy atom. The molecule has 0 aliphatic heterocycles. The molecule has 0 aliphatic rings. The molecule has 0 radical (unpaired) electrons. The van der Waals surface area contributed by atoms with Crippen LogP contribution in [0.25, 0.3) is 11.3 Å². The zero-order valence-electron chi connectivity index (χ0n) is 15.2. The van der Waals surface area contributed by atoms with Gasteiger partial charge in [-0.1, -0.05) is 0 Å². The van der Waals surface area contributed by atoms with E-state index in [0.717, 1.165) is 23.5 Å². The van der Waals surface area contributed by atoms with Crippen molar-refractivity contribution in [2.24, 2.45) is 0 Å². The van der Waals surface area contributed by atoms with E-state index in [9.17, 15) is 18.4 Å². The number of ether oxygens (including phenoxy) is 1. The number of benzene rings is 1. The first-order valence-corrected chi connectivity index (χ1v) is 9.12. The summed E-state index contributed by atoms with van der Waals surface area (Å²) in [7, 11) is 0. The summed E-state index contributed by atoms with van der Waals surface area (Å²) in [5.74, 6) is -2.20. The van der Waals surface area contributed by atoms with Crippen LogP contribution in [0, 0.1) is 25.5 Å². The SMILES string of the molecule is Cc1cc(C(=O)O[C@H](C)C(=O)Nc2nc(-c3ccc(F)c(F)c3)cs2)c(C)o1. The molecule has 0 unspecified atom stereocenters. The highest BCUT2D eigenvalue weighted by Crippen LogP contribution is 2.26. The molecule has 1 N–H and O–H groups in total. The highest BCUT2D eigenvalue weighted by molar-refractivity contribution is 7.14. The lowest BCUT2D eigenvalue weighted by Gasteiger charge is -2.11. The lowest BCUT2D eigenvalue weighted by Crippen LogP contribution is -2.30. The molecule has 1 aromatic carbocycles. The maximum Gasteiger partial charge on any atom is 0.342 e. The molecular formula is C19H16F2N2O4S. The van der Waals surface area contributed by atoms with Gasteiger partial charge in [0, 0.05) is 10.9 Å². The zero-order chi connectivity index (χ0) is 20.4. The molecule has 0 spiro atoms. The first kappa shape index (κ1) is 19.7. The van der Waals surface area contributed by atoms with Crippen molar-refractivity contribution in [1.82, 2.24) is 4.98 Å². The minimum atomic E-state index is -1.07.